The fourth-order valence-corrected chi connectivity index (χ4v) is 1.79. The molecule has 0 amide bonds. The third kappa shape index (κ3) is 71.9. The van der Waals surface area contributed by atoms with E-state index in [2.05, 4.69) is 171 Å². The number of hydrogen-bond acceptors (Lipinski definition) is 0. The van der Waals surface area contributed by atoms with Gasteiger partial charge in [-0.2, -0.15) is 0 Å². The summed E-state index contributed by atoms with van der Waals surface area (Å²) in [6.45, 7) is 34.7. The van der Waals surface area contributed by atoms with Crippen LogP contribution in [0.1, 0.15) is 118 Å². The molecule has 0 atom stereocenters. The summed E-state index contributed by atoms with van der Waals surface area (Å²) in [4.78, 5) is 0. The predicted molar refractivity (Wildman–Crippen MR) is 170 cm³/mol. The Hall–Kier alpha value is -1.48. The Morgan fingerprint density at radius 1 is 0.314 bits per heavy atom. The van der Waals surface area contributed by atoms with Crippen LogP contribution in [0.4, 0.5) is 0 Å². The van der Waals surface area contributed by atoms with E-state index in [1.54, 1.807) is 0 Å². The first-order chi connectivity index (χ1) is 15.5. The second kappa shape index (κ2) is 30.6. The molecule has 0 aliphatic heterocycles. The van der Waals surface area contributed by atoms with Gasteiger partial charge in [0.2, 0.25) is 0 Å². The molecular weight excluding hydrogens is 420 g/mol. The molecule has 0 aliphatic rings. The van der Waals surface area contributed by atoms with E-state index in [-0.39, 0.29) is 7.43 Å². The van der Waals surface area contributed by atoms with Crippen molar-refractivity contribution in [2.45, 2.75) is 118 Å². The molecule has 0 heterocycles. The monoisotopic (exact) mass is 489 g/mol. The van der Waals surface area contributed by atoms with Crippen molar-refractivity contribution < 1.29 is 0 Å². The standard InChI is InChI=1S/C10H18.2C8H16.C8H14.CH4/c1-9(2)7-5-6-8-10(3)4;3*1-7(2)5-6-8(3)4;/h5-10H,1-4H3;2*5-8H,1-4H3;7-8H,1-4H3;1H4/b7-5+,8-6+;6-5+;6-5-;;. The minimum absolute atomic E-state index is 0. The van der Waals surface area contributed by atoms with E-state index in [1.165, 1.54) is 0 Å². The summed E-state index contributed by atoms with van der Waals surface area (Å²) in [5.41, 5.74) is 0. The average Bonchev–Trinajstić information content (AvgIpc) is 2.68. The van der Waals surface area contributed by atoms with Gasteiger partial charge in [-0.3, -0.25) is 0 Å². The average molecular weight is 489 g/mol. The predicted octanol–water partition coefficient (Wildman–Crippen LogP) is 12.1. The van der Waals surface area contributed by atoms with Crippen LogP contribution in [-0.4, -0.2) is 0 Å². The molecule has 0 aromatic carbocycles. The normalized spacial score (nSPS) is 11.4. The quantitative estimate of drug-likeness (QED) is 0.190. The van der Waals surface area contributed by atoms with Gasteiger partial charge >= 0.3 is 0 Å². The van der Waals surface area contributed by atoms with Crippen LogP contribution >= 0.6 is 0 Å². The van der Waals surface area contributed by atoms with Crippen molar-refractivity contribution in [3.63, 3.8) is 0 Å². The van der Waals surface area contributed by atoms with E-state index >= 15 is 0 Å². The zero-order valence-corrected chi connectivity index (χ0v) is 26.2. The molecule has 0 nitrogen and oxygen atoms in total. The molecule has 0 bridgehead atoms. The molecule has 0 fully saturated rings. The van der Waals surface area contributed by atoms with Crippen LogP contribution in [0, 0.1) is 59.2 Å². The van der Waals surface area contributed by atoms with Crippen LogP contribution in [0.15, 0.2) is 48.6 Å². The zero-order chi connectivity index (χ0) is 27.7. The molecule has 0 saturated carbocycles. The minimum Gasteiger partial charge on any atom is -0.100 e. The van der Waals surface area contributed by atoms with Crippen molar-refractivity contribution in [1.29, 1.82) is 0 Å². The van der Waals surface area contributed by atoms with Gasteiger partial charge in [0.25, 0.3) is 0 Å². The molecule has 0 aliphatic carbocycles. The summed E-state index contributed by atoms with van der Waals surface area (Å²) in [6.07, 6.45) is 17.6. The summed E-state index contributed by atoms with van der Waals surface area (Å²) in [5.74, 6) is 11.4. The molecule has 35 heavy (non-hydrogen) atoms. The Morgan fingerprint density at radius 3 is 0.600 bits per heavy atom. The SMILES string of the molecule is C.CC(C)/C=C/C(C)C.CC(C)/C=C/C=C/C(C)C.CC(C)/C=C\C(C)C.CC(C)C#CC(C)C. The van der Waals surface area contributed by atoms with Crippen molar-refractivity contribution in [1.82, 2.24) is 0 Å². The number of rotatable bonds is 7. The van der Waals surface area contributed by atoms with Gasteiger partial charge in [-0.15, -0.1) is 11.8 Å². The van der Waals surface area contributed by atoms with Gasteiger partial charge in [-0.25, -0.2) is 0 Å². The first-order valence-corrected chi connectivity index (χ1v) is 13.7. The summed E-state index contributed by atoms with van der Waals surface area (Å²) in [5, 5.41) is 0. The highest BCUT2D eigenvalue weighted by molar-refractivity contribution is 5.04. The maximum Gasteiger partial charge on any atom is 0.0146 e. The van der Waals surface area contributed by atoms with Crippen LogP contribution < -0.4 is 0 Å². The lowest BCUT2D eigenvalue weighted by molar-refractivity contribution is 0.780. The summed E-state index contributed by atoms with van der Waals surface area (Å²) >= 11 is 0. The van der Waals surface area contributed by atoms with Crippen molar-refractivity contribution in [3.05, 3.63) is 48.6 Å². The van der Waals surface area contributed by atoms with Gasteiger partial charge in [-0.05, 0) is 35.5 Å². The first kappa shape index (κ1) is 43.6. The molecule has 0 aromatic rings. The molecule has 208 valence electrons. The van der Waals surface area contributed by atoms with Gasteiger partial charge in [-0.1, -0.05) is 167 Å². The van der Waals surface area contributed by atoms with E-state index in [4.69, 9.17) is 0 Å². The molecule has 0 rings (SSSR count). The molecule has 0 saturated heterocycles. The van der Waals surface area contributed by atoms with E-state index in [0.29, 0.717) is 47.3 Å². The van der Waals surface area contributed by atoms with Crippen LogP contribution in [0.5, 0.6) is 0 Å². The van der Waals surface area contributed by atoms with Gasteiger partial charge in [0.05, 0.1) is 0 Å². The van der Waals surface area contributed by atoms with Crippen molar-refractivity contribution in [2.75, 3.05) is 0 Å². The van der Waals surface area contributed by atoms with Crippen LogP contribution in [0.25, 0.3) is 0 Å². The molecule has 0 aromatic heterocycles. The first-order valence-electron chi connectivity index (χ1n) is 13.7. The van der Waals surface area contributed by atoms with Crippen LogP contribution in [0.2, 0.25) is 0 Å². The zero-order valence-electron chi connectivity index (χ0n) is 26.2. The molecule has 0 N–H and O–H groups in total. The third-order valence-electron chi connectivity index (χ3n) is 3.53. The number of hydrogen-bond donors (Lipinski definition) is 0. The topological polar surface area (TPSA) is 0 Å². The highest BCUT2D eigenvalue weighted by atomic mass is 13.9. The number of allylic oxidation sites excluding steroid dienone is 8. The van der Waals surface area contributed by atoms with Crippen molar-refractivity contribution in [3.8, 4) is 11.8 Å². The van der Waals surface area contributed by atoms with E-state index in [0.717, 1.165) is 0 Å². The lowest BCUT2D eigenvalue weighted by Gasteiger charge is -1.95. The highest BCUT2D eigenvalue weighted by Gasteiger charge is 1.86. The summed E-state index contributed by atoms with van der Waals surface area (Å²) in [6, 6.07) is 0. The van der Waals surface area contributed by atoms with Crippen molar-refractivity contribution >= 4 is 0 Å². The fraction of sp³-hybridized carbons (Fsp3) is 0.714. The highest BCUT2D eigenvalue weighted by Crippen LogP contribution is 2.00. The van der Waals surface area contributed by atoms with Crippen molar-refractivity contribution in [2.24, 2.45) is 47.3 Å². The van der Waals surface area contributed by atoms with Gasteiger partial charge in [0.1, 0.15) is 0 Å². The van der Waals surface area contributed by atoms with Crippen LogP contribution in [-0.2, 0) is 0 Å². The Labute approximate surface area is 225 Å². The smallest absolute Gasteiger partial charge is 0.0146 e. The lowest BCUT2D eigenvalue weighted by Crippen LogP contribution is -1.82. The molecule has 0 unspecified atom stereocenters. The molecular formula is C35H68. The minimum atomic E-state index is 0. The van der Waals surface area contributed by atoms with E-state index in [1.807, 2.05) is 0 Å². The second-order valence-electron chi connectivity index (χ2n) is 11.6. The largest absolute Gasteiger partial charge is 0.100 e. The van der Waals surface area contributed by atoms with E-state index < -0.39 is 0 Å². The maximum absolute atomic E-state index is 3.09. The van der Waals surface area contributed by atoms with Crippen LogP contribution in [0.3, 0.4) is 0 Å². The fourth-order valence-electron chi connectivity index (χ4n) is 1.79. The Morgan fingerprint density at radius 2 is 0.486 bits per heavy atom. The summed E-state index contributed by atoms with van der Waals surface area (Å²) < 4.78 is 0. The maximum atomic E-state index is 3.09. The lowest BCUT2D eigenvalue weighted by atomic mass is 10.1. The Kier molecular flexibility index (Phi) is 38.0. The van der Waals surface area contributed by atoms with Gasteiger partial charge in [0.15, 0.2) is 0 Å². The Balaban J connectivity index is -0.000000114. The van der Waals surface area contributed by atoms with Gasteiger partial charge < -0.3 is 0 Å². The Bertz CT molecular complexity index is 491. The van der Waals surface area contributed by atoms with E-state index in [9.17, 15) is 0 Å². The summed E-state index contributed by atoms with van der Waals surface area (Å²) in [7, 11) is 0. The second-order valence-corrected chi connectivity index (χ2v) is 11.6. The molecule has 0 spiro atoms. The van der Waals surface area contributed by atoms with Gasteiger partial charge in [0, 0.05) is 11.8 Å². The molecule has 0 radical (unpaired) electrons. The third-order valence-corrected chi connectivity index (χ3v) is 3.53. The molecule has 0 heteroatoms.